The second-order valence-electron chi connectivity index (χ2n) is 2.36. The summed E-state index contributed by atoms with van der Waals surface area (Å²) in [7, 11) is 0. The molecule has 14 heavy (non-hydrogen) atoms. The zero-order valence-electron chi connectivity index (χ0n) is 7.22. The van der Waals surface area contributed by atoms with E-state index in [1.165, 1.54) is 0 Å². The Kier molecular flexibility index (Phi) is 4.30. The van der Waals surface area contributed by atoms with Gasteiger partial charge in [0.25, 0.3) is 0 Å². The van der Waals surface area contributed by atoms with Gasteiger partial charge in [0, 0.05) is 13.0 Å². The summed E-state index contributed by atoms with van der Waals surface area (Å²) in [5.74, 6) is -3.78. The minimum Gasteiger partial charge on any atom is -0.479 e. The van der Waals surface area contributed by atoms with E-state index in [2.05, 4.69) is 0 Å². The van der Waals surface area contributed by atoms with Gasteiger partial charge in [0.1, 0.15) is 0 Å². The molecule has 0 spiro atoms. The molecule has 0 saturated carbocycles. The first-order valence-corrected chi connectivity index (χ1v) is 3.47. The lowest BCUT2D eigenvalue weighted by Crippen LogP contribution is -2.33. The Morgan fingerprint density at radius 2 is 1.79 bits per heavy atom. The maximum absolute atomic E-state index is 10.5. The van der Waals surface area contributed by atoms with Crippen LogP contribution in [0.15, 0.2) is 11.8 Å². The van der Waals surface area contributed by atoms with Crippen molar-refractivity contribution in [2.75, 3.05) is 0 Å². The molecule has 0 saturated heterocycles. The fourth-order valence-corrected chi connectivity index (χ4v) is 0.653. The highest BCUT2D eigenvalue weighted by atomic mass is 16.4. The number of aliphatic hydroxyl groups excluding tert-OH is 1. The third-order valence-corrected chi connectivity index (χ3v) is 1.13. The average Bonchev–Trinajstić information content (AvgIpc) is 1.99. The number of hydrogen-bond acceptors (Lipinski definition) is 4. The van der Waals surface area contributed by atoms with Crippen LogP contribution < -0.4 is 5.32 Å². The summed E-state index contributed by atoms with van der Waals surface area (Å²) in [6.45, 7) is 1.06. The number of rotatable bonds is 4. The predicted molar refractivity (Wildman–Crippen MR) is 43.2 cm³/mol. The molecule has 7 heteroatoms. The van der Waals surface area contributed by atoms with Crippen molar-refractivity contribution >= 4 is 17.8 Å². The number of aliphatic hydroxyl groups is 1. The molecule has 0 rings (SSSR count). The molecule has 7 nitrogen and oxygen atoms in total. The van der Waals surface area contributed by atoms with Crippen molar-refractivity contribution in [2.24, 2.45) is 0 Å². The largest absolute Gasteiger partial charge is 0.479 e. The number of carbonyl (C=O) groups excluding carboxylic acids is 1. The van der Waals surface area contributed by atoms with Gasteiger partial charge < -0.3 is 20.6 Å². The Morgan fingerprint density at radius 3 is 2.07 bits per heavy atom. The summed E-state index contributed by atoms with van der Waals surface area (Å²) in [6.07, 6.45) is -1.64. The second kappa shape index (κ2) is 4.97. The van der Waals surface area contributed by atoms with E-state index in [4.69, 9.17) is 15.3 Å². The molecule has 1 atom stereocenters. The van der Waals surface area contributed by atoms with Gasteiger partial charge >= 0.3 is 11.9 Å². The second-order valence-corrected chi connectivity index (χ2v) is 2.36. The van der Waals surface area contributed by atoms with Crippen molar-refractivity contribution in [3.8, 4) is 0 Å². The molecule has 4 N–H and O–H groups in total. The molecule has 78 valence electrons. The minimum atomic E-state index is -2.06. The standard InChI is InChI=1S/C7H9NO6/c1-3(9)8-4(2-5(10)11)6(12)7(13)14/h2,6,12H,1H3,(H,8,9)(H,10,11)(H,13,14)/b4-2+. The highest BCUT2D eigenvalue weighted by Crippen LogP contribution is 1.98. The fourth-order valence-electron chi connectivity index (χ4n) is 0.653. The highest BCUT2D eigenvalue weighted by molar-refractivity contribution is 5.87. The molecular weight excluding hydrogens is 194 g/mol. The van der Waals surface area contributed by atoms with Crippen LogP contribution in [0.25, 0.3) is 0 Å². The summed E-state index contributed by atoms with van der Waals surface area (Å²) in [5.41, 5.74) is -0.586. The van der Waals surface area contributed by atoms with Crippen LogP contribution in [-0.2, 0) is 14.4 Å². The summed E-state index contributed by atoms with van der Waals surface area (Å²) < 4.78 is 0. The molecule has 1 amide bonds. The lowest BCUT2D eigenvalue weighted by molar-refractivity contribution is -0.144. The number of carboxylic acid groups (broad SMARTS) is 2. The van der Waals surface area contributed by atoms with Gasteiger partial charge in [-0.1, -0.05) is 0 Å². The molecule has 0 aliphatic carbocycles. The maximum Gasteiger partial charge on any atom is 0.338 e. The molecule has 0 aliphatic heterocycles. The van der Waals surface area contributed by atoms with E-state index in [1.807, 2.05) is 5.32 Å². The van der Waals surface area contributed by atoms with E-state index in [0.717, 1.165) is 6.92 Å². The first kappa shape index (κ1) is 12.1. The van der Waals surface area contributed by atoms with E-state index in [0.29, 0.717) is 6.08 Å². The van der Waals surface area contributed by atoms with Crippen LogP contribution in [0.4, 0.5) is 0 Å². The van der Waals surface area contributed by atoms with Crippen LogP contribution in [-0.4, -0.2) is 39.3 Å². The zero-order valence-corrected chi connectivity index (χ0v) is 7.22. The van der Waals surface area contributed by atoms with Gasteiger partial charge in [0.05, 0.1) is 5.70 Å². The van der Waals surface area contributed by atoms with Crippen molar-refractivity contribution in [1.29, 1.82) is 0 Å². The van der Waals surface area contributed by atoms with Crippen LogP contribution >= 0.6 is 0 Å². The van der Waals surface area contributed by atoms with Crippen molar-refractivity contribution in [3.05, 3.63) is 11.8 Å². The summed E-state index contributed by atoms with van der Waals surface area (Å²) in [5, 5.41) is 27.5. The van der Waals surface area contributed by atoms with E-state index in [9.17, 15) is 14.4 Å². The number of hydrogen-bond donors (Lipinski definition) is 4. The Morgan fingerprint density at radius 1 is 1.29 bits per heavy atom. The number of aliphatic carboxylic acids is 2. The van der Waals surface area contributed by atoms with Crippen molar-refractivity contribution in [1.82, 2.24) is 5.32 Å². The lowest BCUT2D eigenvalue weighted by atomic mass is 10.2. The van der Waals surface area contributed by atoms with Gasteiger partial charge in [0.2, 0.25) is 5.91 Å². The lowest BCUT2D eigenvalue weighted by Gasteiger charge is -2.10. The van der Waals surface area contributed by atoms with Crippen LogP contribution in [0.3, 0.4) is 0 Å². The van der Waals surface area contributed by atoms with Gasteiger partial charge in [0.15, 0.2) is 6.10 Å². The topological polar surface area (TPSA) is 124 Å². The van der Waals surface area contributed by atoms with Crippen LogP contribution in [0.5, 0.6) is 0 Å². The third-order valence-electron chi connectivity index (χ3n) is 1.13. The molecule has 0 aromatic carbocycles. The molecule has 0 aromatic heterocycles. The fraction of sp³-hybridized carbons (Fsp3) is 0.286. The number of nitrogens with one attached hydrogen (secondary N) is 1. The first-order valence-electron chi connectivity index (χ1n) is 3.47. The van der Waals surface area contributed by atoms with Gasteiger partial charge in [-0.25, -0.2) is 9.59 Å². The Hall–Kier alpha value is -1.89. The van der Waals surface area contributed by atoms with Crippen molar-refractivity contribution in [2.45, 2.75) is 13.0 Å². The van der Waals surface area contributed by atoms with Crippen LogP contribution in [0, 0.1) is 0 Å². The van der Waals surface area contributed by atoms with E-state index < -0.39 is 29.6 Å². The quantitative estimate of drug-likeness (QED) is 0.414. The number of carbonyl (C=O) groups is 3. The first-order chi connectivity index (χ1) is 6.34. The molecule has 0 aromatic rings. The normalized spacial score (nSPS) is 13.1. The van der Waals surface area contributed by atoms with Crippen molar-refractivity contribution < 1.29 is 29.7 Å². The van der Waals surface area contributed by atoms with Crippen LogP contribution in [0.2, 0.25) is 0 Å². The molecule has 0 radical (unpaired) electrons. The van der Waals surface area contributed by atoms with Gasteiger partial charge in [-0.3, -0.25) is 4.79 Å². The smallest absolute Gasteiger partial charge is 0.338 e. The molecule has 0 bridgehead atoms. The van der Waals surface area contributed by atoms with Gasteiger partial charge in [-0.15, -0.1) is 0 Å². The minimum absolute atomic E-state index is 0.417. The molecular formula is C7H9NO6. The maximum atomic E-state index is 10.5. The monoisotopic (exact) mass is 203 g/mol. The highest BCUT2D eigenvalue weighted by Gasteiger charge is 2.20. The summed E-state index contributed by atoms with van der Waals surface area (Å²) in [4.78, 5) is 31.0. The van der Waals surface area contributed by atoms with Gasteiger partial charge in [-0.2, -0.15) is 0 Å². The average molecular weight is 203 g/mol. The number of carboxylic acids is 2. The molecule has 1 unspecified atom stereocenters. The van der Waals surface area contributed by atoms with Crippen LogP contribution in [0.1, 0.15) is 6.92 Å². The molecule has 0 aliphatic rings. The Labute approximate surface area is 78.7 Å². The summed E-state index contributed by atoms with van der Waals surface area (Å²) >= 11 is 0. The van der Waals surface area contributed by atoms with Crippen molar-refractivity contribution in [3.63, 3.8) is 0 Å². The molecule has 0 heterocycles. The van der Waals surface area contributed by atoms with E-state index in [1.54, 1.807) is 0 Å². The zero-order chi connectivity index (χ0) is 11.3. The van der Waals surface area contributed by atoms with E-state index in [-0.39, 0.29) is 0 Å². The Bertz CT molecular complexity index is 295. The number of amides is 1. The summed E-state index contributed by atoms with van der Waals surface area (Å²) in [6, 6.07) is 0. The predicted octanol–water partition coefficient (Wildman–Crippen LogP) is -1.46. The SMILES string of the molecule is CC(=O)N/C(=C/C(=O)O)C(O)C(=O)O. The van der Waals surface area contributed by atoms with E-state index >= 15 is 0 Å². The third kappa shape index (κ3) is 4.21. The van der Waals surface area contributed by atoms with Gasteiger partial charge in [-0.05, 0) is 0 Å². The Balaban J connectivity index is 4.81. The molecule has 0 fully saturated rings.